The van der Waals surface area contributed by atoms with E-state index in [2.05, 4.69) is 31.1 Å². The fourth-order valence-corrected chi connectivity index (χ4v) is 3.10. The normalized spacial score (nSPS) is 13.1. The third-order valence-corrected chi connectivity index (χ3v) is 4.54. The van der Waals surface area contributed by atoms with Gasteiger partial charge in [0.25, 0.3) is 0 Å². The molecule has 0 saturated carbocycles. The zero-order chi connectivity index (χ0) is 10.6. The van der Waals surface area contributed by atoms with Crippen LogP contribution in [-0.2, 0) is 5.75 Å². The number of rotatable bonds is 5. The van der Waals surface area contributed by atoms with Crippen LogP contribution in [-0.4, -0.2) is 17.8 Å². The molecule has 80 valence electrons. The summed E-state index contributed by atoms with van der Waals surface area (Å²) in [6.07, 6.45) is 0. The van der Waals surface area contributed by atoms with Crippen molar-refractivity contribution < 1.29 is 0 Å². The van der Waals surface area contributed by atoms with Gasteiger partial charge in [0, 0.05) is 16.7 Å². The van der Waals surface area contributed by atoms with Crippen LogP contribution in [0.25, 0.3) is 0 Å². The smallest absolute Gasteiger partial charge is 0.103 e. The maximum Gasteiger partial charge on any atom is 0.103 e. The van der Waals surface area contributed by atoms with E-state index in [1.54, 1.807) is 0 Å². The Hall–Kier alpha value is -0.0600. The van der Waals surface area contributed by atoms with Gasteiger partial charge in [-0.2, -0.15) is 11.8 Å². The maximum absolute atomic E-state index is 4.57. The summed E-state index contributed by atoms with van der Waals surface area (Å²) in [5.74, 6) is 2.22. The minimum absolute atomic E-state index is 0.424. The van der Waals surface area contributed by atoms with Crippen LogP contribution >= 0.6 is 23.1 Å². The van der Waals surface area contributed by atoms with Gasteiger partial charge < -0.3 is 5.32 Å². The van der Waals surface area contributed by atoms with Gasteiger partial charge in [0.1, 0.15) is 5.01 Å². The summed E-state index contributed by atoms with van der Waals surface area (Å²) >= 11 is 3.77. The Morgan fingerprint density at radius 1 is 1.57 bits per heavy atom. The molecule has 1 aromatic heterocycles. The summed E-state index contributed by atoms with van der Waals surface area (Å²) < 4.78 is 0. The highest BCUT2D eigenvalue weighted by molar-refractivity contribution is 7.98. The first-order chi connectivity index (χ1) is 6.69. The molecule has 1 aromatic rings. The monoisotopic (exact) mass is 230 g/mol. The lowest BCUT2D eigenvalue weighted by Gasteiger charge is -2.06. The van der Waals surface area contributed by atoms with E-state index in [-0.39, 0.29) is 0 Å². The largest absolute Gasteiger partial charge is 0.312 e. The lowest BCUT2D eigenvalue weighted by molar-refractivity contribution is 0.658. The van der Waals surface area contributed by atoms with E-state index in [0.29, 0.717) is 6.04 Å². The molecule has 2 nitrogen and oxygen atoms in total. The van der Waals surface area contributed by atoms with E-state index in [0.717, 1.165) is 11.5 Å². The van der Waals surface area contributed by atoms with Gasteiger partial charge in [-0.3, -0.25) is 0 Å². The molecule has 0 saturated heterocycles. The fourth-order valence-electron chi connectivity index (χ4n) is 1.25. The first kappa shape index (κ1) is 12.0. The van der Waals surface area contributed by atoms with Gasteiger partial charge in [-0.15, -0.1) is 11.3 Å². The highest BCUT2D eigenvalue weighted by Crippen LogP contribution is 2.26. The standard InChI is InChI=1S/C10H18N2S2/c1-5-13-6-9-12-8(3)10(14-9)7(2)11-4/h7,11H,5-6H2,1-4H3. The Balaban J connectivity index is 2.71. The number of aromatic nitrogens is 1. The zero-order valence-corrected chi connectivity index (χ0v) is 10.9. The number of thiazole rings is 1. The number of aryl methyl sites for hydroxylation is 1. The lowest BCUT2D eigenvalue weighted by atomic mass is 10.2. The minimum atomic E-state index is 0.424. The van der Waals surface area contributed by atoms with Crippen LogP contribution in [0.5, 0.6) is 0 Å². The first-order valence-electron chi connectivity index (χ1n) is 4.90. The van der Waals surface area contributed by atoms with Crippen molar-refractivity contribution in [2.24, 2.45) is 0 Å². The Labute approximate surface area is 94.5 Å². The molecule has 4 heteroatoms. The van der Waals surface area contributed by atoms with Crippen molar-refractivity contribution in [3.63, 3.8) is 0 Å². The van der Waals surface area contributed by atoms with Crippen LogP contribution in [0.1, 0.15) is 35.5 Å². The summed E-state index contributed by atoms with van der Waals surface area (Å²) in [7, 11) is 1.99. The van der Waals surface area contributed by atoms with E-state index in [9.17, 15) is 0 Å². The third kappa shape index (κ3) is 2.97. The fraction of sp³-hybridized carbons (Fsp3) is 0.700. The topological polar surface area (TPSA) is 24.9 Å². The molecule has 0 aromatic carbocycles. The lowest BCUT2D eigenvalue weighted by Crippen LogP contribution is -2.11. The molecule has 1 rings (SSSR count). The summed E-state index contributed by atoms with van der Waals surface area (Å²) in [4.78, 5) is 5.95. The van der Waals surface area contributed by atoms with E-state index in [1.165, 1.54) is 15.6 Å². The van der Waals surface area contributed by atoms with Crippen molar-refractivity contribution in [2.75, 3.05) is 12.8 Å². The SMILES string of the molecule is CCSCc1nc(C)c(C(C)NC)s1. The predicted octanol–water partition coefficient (Wildman–Crippen LogP) is 2.99. The number of hydrogen-bond acceptors (Lipinski definition) is 4. The van der Waals surface area contributed by atoms with Gasteiger partial charge in [-0.25, -0.2) is 4.98 Å². The molecular weight excluding hydrogens is 212 g/mol. The van der Waals surface area contributed by atoms with Crippen LogP contribution in [0.2, 0.25) is 0 Å². The summed E-state index contributed by atoms with van der Waals surface area (Å²) in [5, 5.41) is 4.51. The number of thioether (sulfide) groups is 1. The van der Waals surface area contributed by atoms with Crippen molar-refractivity contribution in [3.05, 3.63) is 15.6 Å². The molecular formula is C10H18N2S2. The molecule has 0 aliphatic heterocycles. The number of hydrogen-bond donors (Lipinski definition) is 1. The van der Waals surface area contributed by atoms with Crippen molar-refractivity contribution in [1.82, 2.24) is 10.3 Å². The minimum Gasteiger partial charge on any atom is -0.312 e. The van der Waals surface area contributed by atoms with Gasteiger partial charge in [-0.05, 0) is 26.6 Å². The maximum atomic E-state index is 4.57. The zero-order valence-electron chi connectivity index (χ0n) is 9.26. The Morgan fingerprint density at radius 2 is 2.29 bits per heavy atom. The molecule has 0 aliphatic rings. The van der Waals surface area contributed by atoms with E-state index < -0.39 is 0 Å². The Kier molecular flexibility index (Phi) is 4.92. The second-order valence-corrected chi connectivity index (χ2v) is 5.59. The molecule has 1 N–H and O–H groups in total. The summed E-state index contributed by atoms with van der Waals surface area (Å²) in [5.41, 5.74) is 1.18. The Bertz CT molecular complexity index is 284. The van der Waals surface area contributed by atoms with Crippen LogP contribution in [0, 0.1) is 6.92 Å². The van der Waals surface area contributed by atoms with Crippen molar-refractivity contribution in [3.8, 4) is 0 Å². The third-order valence-electron chi connectivity index (χ3n) is 2.13. The molecule has 0 amide bonds. The molecule has 0 radical (unpaired) electrons. The van der Waals surface area contributed by atoms with Crippen molar-refractivity contribution >= 4 is 23.1 Å². The van der Waals surface area contributed by atoms with Gasteiger partial charge in [0.05, 0.1) is 5.69 Å². The van der Waals surface area contributed by atoms with Crippen LogP contribution in [0.3, 0.4) is 0 Å². The highest BCUT2D eigenvalue weighted by atomic mass is 32.2. The van der Waals surface area contributed by atoms with Gasteiger partial charge in [0.15, 0.2) is 0 Å². The highest BCUT2D eigenvalue weighted by Gasteiger charge is 2.12. The van der Waals surface area contributed by atoms with E-state index in [1.807, 2.05) is 30.1 Å². The number of nitrogens with one attached hydrogen (secondary N) is 1. The van der Waals surface area contributed by atoms with Crippen LogP contribution < -0.4 is 5.32 Å². The van der Waals surface area contributed by atoms with Gasteiger partial charge in [0.2, 0.25) is 0 Å². The molecule has 0 aliphatic carbocycles. The van der Waals surface area contributed by atoms with Crippen molar-refractivity contribution in [2.45, 2.75) is 32.6 Å². The van der Waals surface area contributed by atoms with Crippen LogP contribution in [0.15, 0.2) is 0 Å². The van der Waals surface area contributed by atoms with Crippen LogP contribution in [0.4, 0.5) is 0 Å². The molecule has 0 spiro atoms. The van der Waals surface area contributed by atoms with Gasteiger partial charge >= 0.3 is 0 Å². The van der Waals surface area contributed by atoms with Gasteiger partial charge in [-0.1, -0.05) is 6.92 Å². The van der Waals surface area contributed by atoms with E-state index >= 15 is 0 Å². The van der Waals surface area contributed by atoms with Crippen molar-refractivity contribution in [1.29, 1.82) is 0 Å². The first-order valence-corrected chi connectivity index (χ1v) is 6.87. The molecule has 1 atom stereocenters. The molecule has 0 fully saturated rings. The summed E-state index contributed by atoms with van der Waals surface area (Å²) in [6.45, 7) is 6.46. The van der Waals surface area contributed by atoms with E-state index in [4.69, 9.17) is 0 Å². The average molecular weight is 230 g/mol. The molecule has 0 bridgehead atoms. The Morgan fingerprint density at radius 3 is 2.86 bits per heavy atom. The number of nitrogens with zero attached hydrogens (tertiary/aromatic N) is 1. The molecule has 14 heavy (non-hydrogen) atoms. The second kappa shape index (κ2) is 5.73. The average Bonchev–Trinajstić information content (AvgIpc) is 2.55. The molecule has 1 heterocycles. The summed E-state index contributed by atoms with van der Waals surface area (Å²) in [6, 6.07) is 0.424. The molecule has 1 unspecified atom stereocenters. The quantitative estimate of drug-likeness (QED) is 0.842. The predicted molar refractivity (Wildman–Crippen MR) is 66.2 cm³/mol. The second-order valence-electron chi connectivity index (χ2n) is 3.20.